The van der Waals surface area contributed by atoms with Gasteiger partial charge in [-0.2, -0.15) is 0 Å². The maximum absolute atomic E-state index is 12.8. The highest BCUT2D eigenvalue weighted by Crippen LogP contribution is 2.60. The van der Waals surface area contributed by atoms with Crippen molar-refractivity contribution in [1.29, 1.82) is 0 Å². The molecule has 4 rings (SSSR count). The van der Waals surface area contributed by atoms with Crippen LogP contribution in [-0.2, 0) is 19.0 Å². The van der Waals surface area contributed by atoms with Crippen LogP contribution in [0.15, 0.2) is 11.1 Å². The van der Waals surface area contributed by atoms with Gasteiger partial charge in [0.25, 0.3) is 0 Å². The average Bonchev–Trinajstić information content (AvgIpc) is 3.17. The summed E-state index contributed by atoms with van der Waals surface area (Å²) in [5.41, 5.74) is 2.73. The number of rotatable bonds is 4. The third-order valence-electron chi connectivity index (χ3n) is 7.82. The van der Waals surface area contributed by atoms with Crippen molar-refractivity contribution in [3.8, 4) is 0 Å². The van der Waals surface area contributed by atoms with Gasteiger partial charge in [-0.15, -0.1) is 0 Å². The fourth-order valence-corrected chi connectivity index (χ4v) is 6.41. The fourth-order valence-electron chi connectivity index (χ4n) is 6.41. The molecule has 2 unspecified atom stereocenters. The Hall–Kier alpha value is -0.710. The normalized spacial score (nSPS) is 37.9. The van der Waals surface area contributed by atoms with E-state index in [1.165, 1.54) is 12.0 Å². The van der Waals surface area contributed by atoms with Crippen molar-refractivity contribution in [3.63, 3.8) is 0 Å². The van der Waals surface area contributed by atoms with Crippen molar-refractivity contribution in [2.24, 2.45) is 17.3 Å². The molecule has 2 saturated carbocycles. The molecule has 1 aliphatic heterocycles. The van der Waals surface area contributed by atoms with Crippen molar-refractivity contribution in [2.75, 3.05) is 13.2 Å². The minimum Gasteiger partial charge on any atom is -0.372 e. The van der Waals surface area contributed by atoms with Gasteiger partial charge in [-0.1, -0.05) is 12.5 Å². The van der Waals surface area contributed by atoms with Gasteiger partial charge in [0, 0.05) is 12.8 Å². The van der Waals surface area contributed by atoms with Gasteiger partial charge in [0.1, 0.15) is 0 Å². The molecule has 1 saturated heterocycles. The number of hydrogen-bond acceptors (Lipinski definition) is 4. The Morgan fingerprint density at radius 1 is 1.07 bits per heavy atom. The number of carbonyl (C=O) groups excluding carboxylic acids is 1. The van der Waals surface area contributed by atoms with Crippen LogP contribution in [0.25, 0.3) is 0 Å². The lowest BCUT2D eigenvalue weighted by Crippen LogP contribution is -2.45. The Kier molecular flexibility index (Phi) is 5.29. The first-order valence-corrected chi connectivity index (χ1v) is 11.3. The topological polar surface area (TPSA) is 44.8 Å². The molecule has 0 amide bonds. The van der Waals surface area contributed by atoms with Crippen molar-refractivity contribution < 1.29 is 19.0 Å². The van der Waals surface area contributed by atoms with Crippen LogP contribution >= 0.6 is 0 Å². The van der Waals surface area contributed by atoms with Crippen LogP contribution in [0.5, 0.6) is 0 Å². The Morgan fingerprint density at radius 2 is 1.79 bits per heavy atom. The molecule has 4 heteroatoms. The van der Waals surface area contributed by atoms with E-state index in [9.17, 15) is 4.79 Å². The van der Waals surface area contributed by atoms with Gasteiger partial charge in [-0.05, 0) is 89.0 Å². The molecule has 4 atom stereocenters. The van der Waals surface area contributed by atoms with E-state index in [-0.39, 0.29) is 11.0 Å². The molecule has 0 aromatic carbocycles. The number of ether oxygens (including phenoxy) is 3. The van der Waals surface area contributed by atoms with Gasteiger partial charge >= 0.3 is 0 Å². The van der Waals surface area contributed by atoms with Gasteiger partial charge in [-0.25, -0.2) is 0 Å². The van der Waals surface area contributed by atoms with Crippen LogP contribution in [0, 0.1) is 17.3 Å². The maximum atomic E-state index is 12.8. The van der Waals surface area contributed by atoms with Crippen molar-refractivity contribution in [2.45, 2.75) is 103 Å². The van der Waals surface area contributed by atoms with Crippen molar-refractivity contribution >= 4 is 5.78 Å². The molecule has 4 nitrogen and oxygen atoms in total. The molecule has 0 bridgehead atoms. The highest BCUT2D eigenvalue weighted by Gasteiger charge is 2.55. The van der Waals surface area contributed by atoms with Crippen molar-refractivity contribution in [3.05, 3.63) is 11.1 Å². The molecular formula is C24H38O4. The van der Waals surface area contributed by atoms with Crippen LogP contribution < -0.4 is 0 Å². The minimum absolute atomic E-state index is 0.0941. The van der Waals surface area contributed by atoms with Gasteiger partial charge in [0.15, 0.2) is 11.6 Å². The second-order valence-electron chi connectivity index (χ2n) is 10.8. The summed E-state index contributed by atoms with van der Waals surface area (Å²) in [7, 11) is 0. The maximum Gasteiger partial charge on any atom is 0.166 e. The Balaban J connectivity index is 1.54. The van der Waals surface area contributed by atoms with Crippen LogP contribution in [0.2, 0.25) is 0 Å². The molecule has 0 N–H and O–H groups in total. The lowest BCUT2D eigenvalue weighted by molar-refractivity contribution is -0.146. The number of fused-ring (bicyclic) bond motifs is 3. The zero-order chi connectivity index (χ0) is 20.2. The summed E-state index contributed by atoms with van der Waals surface area (Å²) in [5.74, 6) is 1.08. The third-order valence-corrected chi connectivity index (χ3v) is 7.82. The molecule has 0 aromatic heterocycles. The zero-order valence-electron chi connectivity index (χ0n) is 18.4. The average molecular weight is 391 g/mol. The van der Waals surface area contributed by atoms with E-state index in [1.807, 2.05) is 6.92 Å². The summed E-state index contributed by atoms with van der Waals surface area (Å²) in [6, 6.07) is 0. The molecule has 3 fully saturated rings. The number of ketones is 1. The zero-order valence-corrected chi connectivity index (χ0v) is 18.4. The quantitative estimate of drug-likeness (QED) is 0.662. The number of carbonyl (C=O) groups is 1. The molecule has 1 heterocycles. The highest BCUT2D eigenvalue weighted by atomic mass is 16.7. The standard InChI is InChI=1S/C24H38O4/c1-22(2,3)28-21-9-7-19-17-6-8-20(25)18(16(17)10-12-23(19,21)4)11-13-24(5)26-14-15-27-24/h17,19,21H,6-15H2,1-5H3/t17?,19?,21-,23-/m1/s1. The second-order valence-corrected chi connectivity index (χ2v) is 10.8. The predicted molar refractivity (Wildman–Crippen MR) is 109 cm³/mol. The monoisotopic (exact) mass is 390 g/mol. The summed E-state index contributed by atoms with van der Waals surface area (Å²) < 4.78 is 18.1. The van der Waals surface area contributed by atoms with Gasteiger partial charge < -0.3 is 14.2 Å². The van der Waals surface area contributed by atoms with E-state index in [0.29, 0.717) is 43.4 Å². The van der Waals surface area contributed by atoms with Crippen LogP contribution in [0.3, 0.4) is 0 Å². The van der Waals surface area contributed by atoms with Gasteiger partial charge in [-0.3, -0.25) is 4.79 Å². The predicted octanol–water partition coefficient (Wildman–Crippen LogP) is 5.20. The van der Waals surface area contributed by atoms with E-state index >= 15 is 0 Å². The van der Waals surface area contributed by atoms with E-state index < -0.39 is 5.79 Å². The first-order valence-electron chi connectivity index (χ1n) is 11.3. The Labute approximate surface area is 170 Å². The SMILES string of the molecule is CC(C)(C)O[C@@H]1CCC2C3CCC(=O)C(CCC4(C)OCCO4)=C3CC[C@]21C. The van der Waals surface area contributed by atoms with Crippen molar-refractivity contribution in [1.82, 2.24) is 0 Å². The first-order chi connectivity index (χ1) is 13.1. The molecule has 0 aromatic rings. The van der Waals surface area contributed by atoms with Crippen LogP contribution in [-0.4, -0.2) is 36.5 Å². The van der Waals surface area contributed by atoms with E-state index in [4.69, 9.17) is 14.2 Å². The highest BCUT2D eigenvalue weighted by molar-refractivity contribution is 5.97. The van der Waals surface area contributed by atoms with E-state index in [0.717, 1.165) is 44.1 Å². The number of hydrogen-bond donors (Lipinski definition) is 0. The fraction of sp³-hybridized carbons (Fsp3) is 0.875. The lowest BCUT2D eigenvalue weighted by Gasteiger charge is -2.49. The Morgan fingerprint density at radius 3 is 2.46 bits per heavy atom. The largest absolute Gasteiger partial charge is 0.372 e. The molecule has 4 aliphatic rings. The molecule has 158 valence electrons. The lowest BCUT2D eigenvalue weighted by atomic mass is 9.58. The summed E-state index contributed by atoms with van der Waals surface area (Å²) in [6.45, 7) is 12.3. The molecular weight excluding hydrogens is 352 g/mol. The minimum atomic E-state index is -0.511. The summed E-state index contributed by atoms with van der Waals surface area (Å²) in [5, 5.41) is 0. The van der Waals surface area contributed by atoms with E-state index in [2.05, 4.69) is 27.7 Å². The number of Topliss-reactive ketones (excluding diaryl/α,β-unsaturated/α-hetero) is 1. The third kappa shape index (κ3) is 3.73. The van der Waals surface area contributed by atoms with Gasteiger partial charge in [0.05, 0.1) is 24.9 Å². The van der Waals surface area contributed by atoms with Crippen LogP contribution in [0.1, 0.15) is 86.0 Å². The second kappa shape index (κ2) is 7.21. The Bertz CT molecular complexity index is 652. The molecule has 0 spiro atoms. The summed E-state index contributed by atoms with van der Waals surface area (Å²) in [6.07, 6.45) is 8.26. The number of allylic oxidation sites excluding steroid dienone is 2. The summed E-state index contributed by atoms with van der Waals surface area (Å²) in [4.78, 5) is 12.8. The summed E-state index contributed by atoms with van der Waals surface area (Å²) >= 11 is 0. The smallest absolute Gasteiger partial charge is 0.166 e. The molecule has 28 heavy (non-hydrogen) atoms. The molecule has 3 aliphatic carbocycles. The molecule has 0 radical (unpaired) electrons. The van der Waals surface area contributed by atoms with Gasteiger partial charge in [0.2, 0.25) is 0 Å². The first kappa shape index (κ1) is 20.6. The van der Waals surface area contributed by atoms with E-state index in [1.54, 1.807) is 0 Å². The van der Waals surface area contributed by atoms with Crippen LogP contribution in [0.4, 0.5) is 0 Å².